The number of rotatable bonds is 12. The lowest BCUT2D eigenvalue weighted by atomic mass is 9.26. The Kier molecular flexibility index (Phi) is 15.2. The first-order chi connectivity index (χ1) is 46.2. The zero-order valence-corrected chi connectivity index (χ0v) is 54.5. The maximum atomic E-state index is 3.01. The summed E-state index contributed by atoms with van der Waals surface area (Å²) in [5.74, 6) is 0.644. The Morgan fingerprint density at radius 2 is 1.31 bits per heavy atom. The molecule has 1 aromatic heterocycles. The van der Waals surface area contributed by atoms with Crippen molar-refractivity contribution >= 4 is 104 Å². The van der Waals surface area contributed by atoms with E-state index in [1.807, 2.05) is 0 Å². The summed E-state index contributed by atoms with van der Waals surface area (Å²) in [6, 6.07) is 76.4. The van der Waals surface area contributed by atoms with Gasteiger partial charge < -0.3 is 24.2 Å². The van der Waals surface area contributed by atoms with Crippen molar-refractivity contribution in [2.45, 2.75) is 140 Å². The molecule has 9 aliphatic rings. The fourth-order valence-electron chi connectivity index (χ4n) is 18.4. The van der Waals surface area contributed by atoms with Crippen LogP contribution in [0.1, 0.15) is 77.0 Å². The number of thioether (sulfide) groups is 2. The molecule has 1 fully saturated rings. The van der Waals surface area contributed by atoms with Gasteiger partial charge in [0.25, 0.3) is 0 Å². The van der Waals surface area contributed by atoms with Gasteiger partial charge in [-0.15, -0.1) is 11.8 Å². The molecule has 0 amide bonds. The molecular weight excluding hydrogens is 1160 g/mol. The van der Waals surface area contributed by atoms with Gasteiger partial charge in [-0.1, -0.05) is 211 Å². The molecule has 9 aromatic rings. The van der Waals surface area contributed by atoms with E-state index in [4.69, 9.17) is 0 Å². The second kappa shape index (κ2) is 24.6. The fourth-order valence-corrected chi connectivity index (χ4v) is 21.6. The lowest BCUT2D eigenvalue weighted by Gasteiger charge is -2.61. The molecule has 93 heavy (non-hydrogen) atoms. The summed E-state index contributed by atoms with van der Waals surface area (Å²) >= 11 is 4.47. The van der Waals surface area contributed by atoms with Gasteiger partial charge in [0.2, 0.25) is 6.71 Å². The summed E-state index contributed by atoms with van der Waals surface area (Å²) < 4.78 is 2.52. The molecule has 18 rings (SSSR count). The molecule has 4 heterocycles. The molecular formula is C84H78B2N5S2. The normalized spacial score (nSPS) is 25.7. The van der Waals surface area contributed by atoms with E-state index in [0.717, 1.165) is 64.2 Å². The van der Waals surface area contributed by atoms with Crippen LogP contribution in [-0.2, 0) is 0 Å². The van der Waals surface area contributed by atoms with E-state index in [2.05, 4.69) is 322 Å². The van der Waals surface area contributed by atoms with Gasteiger partial charge in [0.15, 0.2) is 7.28 Å². The van der Waals surface area contributed by atoms with Crippen molar-refractivity contribution in [2.24, 2.45) is 0 Å². The van der Waals surface area contributed by atoms with E-state index in [1.54, 1.807) is 0 Å². The van der Waals surface area contributed by atoms with Crippen molar-refractivity contribution < 1.29 is 0 Å². The highest BCUT2D eigenvalue weighted by atomic mass is 32.2. The summed E-state index contributed by atoms with van der Waals surface area (Å²) in [7, 11) is 2.80. The Morgan fingerprint density at radius 3 is 2.08 bits per heavy atom. The first-order valence-electron chi connectivity index (χ1n) is 34.7. The molecule has 457 valence electrons. The summed E-state index contributed by atoms with van der Waals surface area (Å²) in [6.45, 7) is 0.182. The standard InChI is InChI=1S/C84H78B2N5S2/c1-9-29-57(30-10-1)81-73(49-50-74-82(81)67-45-25-27-47-71(67)89(74)62-39-19-6-20-40-62)91-75-56-78-68(85-83-79(92-66-43-23-8-24-44-66)53-65(54-80(83)93-78)88(60-35-15-4-16-36-60)61-37-17-5-18-38-61)55-70(75)86-69-46-26-28-48-72(69)90(63-41-21-7-22-42-63)76-51-64(52-77(91)84(76)86)87(58-31-11-2-12-32-58)59-33-13-3-14-34-59/h1-13,15-21,23,25-32,35-37,39-41,45-50,53,55-56,59,61,64,66,76-77,79-80,83-84H,14,22,24,33-34,38,42-44,51-52,54H2. The third-order valence-electron chi connectivity index (χ3n) is 22.2. The minimum Gasteiger partial charge on any atom is -0.365 e. The van der Waals surface area contributed by atoms with Crippen molar-refractivity contribution in [1.29, 1.82) is 0 Å². The molecule has 1 saturated carbocycles. The first-order valence-corrected chi connectivity index (χ1v) is 36.6. The summed E-state index contributed by atoms with van der Waals surface area (Å²) in [4.78, 5) is 13.0. The van der Waals surface area contributed by atoms with Gasteiger partial charge in [0, 0.05) is 101 Å². The molecule has 6 aliphatic carbocycles. The predicted octanol–water partition coefficient (Wildman–Crippen LogP) is 18.6. The minimum absolute atomic E-state index is 0.129. The van der Waals surface area contributed by atoms with Gasteiger partial charge in [-0.25, -0.2) is 0 Å². The molecule has 0 spiro atoms. The van der Waals surface area contributed by atoms with Crippen LogP contribution in [0.25, 0.3) is 38.6 Å². The molecule has 10 unspecified atom stereocenters. The Morgan fingerprint density at radius 1 is 0.570 bits per heavy atom. The number of allylic oxidation sites excluding steroid dienone is 10. The summed E-state index contributed by atoms with van der Waals surface area (Å²) in [5.41, 5.74) is 20.3. The molecule has 8 aromatic carbocycles. The lowest BCUT2D eigenvalue weighted by molar-refractivity contribution is 0.304. The van der Waals surface area contributed by atoms with Gasteiger partial charge in [-0.3, -0.25) is 0 Å². The number of hydrogen-bond acceptors (Lipinski definition) is 6. The van der Waals surface area contributed by atoms with Gasteiger partial charge >= 0.3 is 0 Å². The minimum atomic E-state index is 0.129. The number of anilines is 5. The fraction of sp³-hybridized carbons (Fsp3) is 0.262. The maximum Gasteiger partial charge on any atom is 0.221 e. The highest BCUT2D eigenvalue weighted by Crippen LogP contribution is 2.57. The predicted molar refractivity (Wildman–Crippen MR) is 400 cm³/mol. The smallest absolute Gasteiger partial charge is 0.221 e. The Bertz CT molecular complexity index is 4510. The van der Waals surface area contributed by atoms with E-state index in [0.29, 0.717) is 27.6 Å². The Hall–Kier alpha value is -8.23. The SMILES string of the molecule is [B]1c2cc3c(cc2SC2CC(N(c4ccccc4)C4C=CC=CC4)=CC(SC4CC=CCC4)C12)N(c1ccc2c(c1-c1ccccc1)c1ccccc1n2-c1ccccc1)C1CC(N(c2ccccc2)C2CC=CCC2)CC2C1B3c1ccccc1N2C1=CC=CCC1. The molecule has 1 radical (unpaired) electrons. The van der Waals surface area contributed by atoms with Crippen molar-refractivity contribution in [3.8, 4) is 16.8 Å². The van der Waals surface area contributed by atoms with Crippen LogP contribution in [0.5, 0.6) is 0 Å². The molecule has 0 N–H and O–H groups in total. The lowest BCUT2D eigenvalue weighted by Crippen LogP contribution is -2.71. The van der Waals surface area contributed by atoms with Crippen molar-refractivity contribution in [3.63, 3.8) is 0 Å². The van der Waals surface area contributed by atoms with Crippen LogP contribution < -0.4 is 36.0 Å². The number of nitrogens with zero attached hydrogens (tertiary/aromatic N) is 5. The van der Waals surface area contributed by atoms with E-state index in [9.17, 15) is 0 Å². The molecule has 9 heteroatoms. The Balaban J connectivity index is 0.880. The number of aromatic nitrogens is 1. The largest absolute Gasteiger partial charge is 0.365 e. The Labute approximate surface area is 559 Å². The van der Waals surface area contributed by atoms with Crippen LogP contribution in [0.2, 0.25) is 11.6 Å². The highest BCUT2D eigenvalue weighted by molar-refractivity contribution is 8.01. The van der Waals surface area contributed by atoms with Gasteiger partial charge in [0.05, 0.1) is 22.8 Å². The van der Waals surface area contributed by atoms with E-state index >= 15 is 0 Å². The topological polar surface area (TPSA) is 17.9 Å². The molecule has 10 atom stereocenters. The monoisotopic (exact) mass is 1240 g/mol. The van der Waals surface area contributed by atoms with Crippen molar-refractivity contribution in [3.05, 3.63) is 278 Å². The number of fused-ring (bicyclic) bond motifs is 9. The molecule has 3 aliphatic heterocycles. The third-order valence-corrected chi connectivity index (χ3v) is 25.2. The first kappa shape index (κ1) is 57.4. The van der Waals surface area contributed by atoms with Crippen molar-refractivity contribution in [1.82, 2.24) is 4.57 Å². The number of para-hydroxylation sites is 5. The molecule has 5 nitrogen and oxygen atoms in total. The van der Waals surface area contributed by atoms with E-state index in [1.165, 1.54) is 113 Å². The number of benzene rings is 8. The maximum absolute atomic E-state index is 3.01. The van der Waals surface area contributed by atoms with E-state index in [-0.39, 0.29) is 36.7 Å². The number of hydrogen-bond donors (Lipinski definition) is 0. The zero-order chi connectivity index (χ0) is 61.3. The zero-order valence-electron chi connectivity index (χ0n) is 52.9. The molecule has 0 saturated heterocycles. The highest BCUT2D eigenvalue weighted by Gasteiger charge is 2.58. The average Bonchev–Trinajstić information content (AvgIpc) is 1.19. The second-order valence-electron chi connectivity index (χ2n) is 27.4. The van der Waals surface area contributed by atoms with Crippen LogP contribution >= 0.6 is 23.5 Å². The van der Waals surface area contributed by atoms with Crippen LogP contribution in [0, 0.1) is 0 Å². The van der Waals surface area contributed by atoms with Crippen LogP contribution in [0.15, 0.2) is 283 Å². The third kappa shape index (κ3) is 10.2. The average molecular weight is 1240 g/mol. The van der Waals surface area contributed by atoms with Gasteiger partial charge in [-0.2, -0.15) is 11.8 Å². The van der Waals surface area contributed by atoms with Crippen molar-refractivity contribution in [2.75, 3.05) is 19.6 Å². The second-order valence-corrected chi connectivity index (χ2v) is 30.1. The van der Waals surface area contributed by atoms with Crippen LogP contribution in [0.4, 0.5) is 28.4 Å². The summed E-state index contributed by atoms with van der Waals surface area (Å²) in [6.07, 6.45) is 42.2. The van der Waals surface area contributed by atoms with Crippen LogP contribution in [-0.4, -0.2) is 64.5 Å². The van der Waals surface area contributed by atoms with E-state index < -0.39 is 0 Å². The van der Waals surface area contributed by atoms with Gasteiger partial charge in [0.1, 0.15) is 0 Å². The van der Waals surface area contributed by atoms with Gasteiger partial charge in [-0.05, 0) is 167 Å². The summed E-state index contributed by atoms with van der Waals surface area (Å²) in [5, 5.41) is 3.90. The van der Waals surface area contributed by atoms with Crippen LogP contribution in [0.3, 0.4) is 0 Å². The molecule has 0 bridgehead atoms. The quantitative estimate of drug-likeness (QED) is 0.0890.